The van der Waals surface area contributed by atoms with Gasteiger partial charge < -0.3 is 20.1 Å². The molecule has 0 aliphatic carbocycles. The summed E-state index contributed by atoms with van der Waals surface area (Å²) in [5.74, 6) is -0.239. The Morgan fingerprint density at radius 2 is 1.89 bits per heavy atom. The highest BCUT2D eigenvalue weighted by molar-refractivity contribution is 5.85. The predicted molar refractivity (Wildman–Crippen MR) is 68.3 cm³/mol. The Labute approximate surface area is 108 Å². The van der Waals surface area contributed by atoms with Crippen molar-refractivity contribution in [1.29, 1.82) is 0 Å². The molecule has 0 heterocycles. The van der Waals surface area contributed by atoms with E-state index in [1.54, 1.807) is 34.8 Å². The van der Waals surface area contributed by atoms with E-state index in [-0.39, 0.29) is 5.91 Å². The summed E-state index contributed by atoms with van der Waals surface area (Å²) < 4.78 is 9.91. The lowest BCUT2D eigenvalue weighted by Crippen LogP contribution is -2.46. The van der Waals surface area contributed by atoms with E-state index in [0.717, 1.165) is 6.42 Å². The average Bonchev–Trinajstić information content (AvgIpc) is 2.21. The lowest BCUT2D eigenvalue weighted by Gasteiger charge is -2.21. The molecule has 0 aliphatic rings. The van der Waals surface area contributed by atoms with Crippen molar-refractivity contribution < 1.29 is 19.1 Å². The van der Waals surface area contributed by atoms with Crippen LogP contribution in [0, 0.1) is 0 Å². The first kappa shape index (κ1) is 16.7. The van der Waals surface area contributed by atoms with Gasteiger partial charge in [0.25, 0.3) is 0 Å². The van der Waals surface area contributed by atoms with Crippen LogP contribution in [0.5, 0.6) is 0 Å². The molecule has 1 atom stereocenters. The normalized spacial score (nSPS) is 12.7. The van der Waals surface area contributed by atoms with Crippen molar-refractivity contribution in [3.63, 3.8) is 0 Å². The summed E-state index contributed by atoms with van der Waals surface area (Å²) in [5, 5.41) is 5.17. The lowest BCUT2D eigenvalue weighted by molar-refractivity contribution is -0.122. The van der Waals surface area contributed by atoms with Crippen molar-refractivity contribution in [1.82, 2.24) is 10.6 Å². The fraction of sp³-hybridized carbons (Fsp3) is 0.833. The van der Waals surface area contributed by atoms with Crippen molar-refractivity contribution in [2.75, 3.05) is 20.3 Å². The Morgan fingerprint density at radius 1 is 1.28 bits per heavy atom. The number of rotatable bonds is 6. The molecule has 0 fully saturated rings. The van der Waals surface area contributed by atoms with Gasteiger partial charge in [-0.25, -0.2) is 4.79 Å². The molecule has 0 aliphatic heterocycles. The van der Waals surface area contributed by atoms with Crippen LogP contribution in [-0.4, -0.2) is 43.9 Å². The number of hydrogen-bond acceptors (Lipinski definition) is 4. The largest absolute Gasteiger partial charge is 0.444 e. The molecule has 2 amide bonds. The third kappa shape index (κ3) is 8.81. The van der Waals surface area contributed by atoms with E-state index in [9.17, 15) is 9.59 Å². The van der Waals surface area contributed by atoms with Crippen LogP contribution >= 0.6 is 0 Å². The van der Waals surface area contributed by atoms with Gasteiger partial charge in [-0.05, 0) is 34.1 Å². The molecule has 0 bridgehead atoms. The Balaban J connectivity index is 3.90. The van der Waals surface area contributed by atoms with Crippen LogP contribution in [0.25, 0.3) is 0 Å². The molecule has 0 spiro atoms. The number of alkyl carbamates (subject to hydrolysis) is 1. The number of carbonyl (C=O) groups excluding carboxylic acids is 2. The summed E-state index contributed by atoms with van der Waals surface area (Å²) in [4.78, 5) is 23.0. The summed E-state index contributed by atoms with van der Waals surface area (Å²) in [5.41, 5.74) is -0.571. The quantitative estimate of drug-likeness (QED) is 0.700. The first-order valence-corrected chi connectivity index (χ1v) is 6.02. The van der Waals surface area contributed by atoms with Crippen molar-refractivity contribution in [2.45, 2.75) is 45.8 Å². The molecule has 6 nitrogen and oxygen atoms in total. The molecule has 0 unspecified atom stereocenters. The Morgan fingerprint density at radius 3 is 2.39 bits per heavy atom. The zero-order chi connectivity index (χ0) is 14.2. The summed E-state index contributed by atoms with van der Waals surface area (Å²) >= 11 is 0. The van der Waals surface area contributed by atoms with Crippen molar-refractivity contribution in [3.05, 3.63) is 0 Å². The maximum Gasteiger partial charge on any atom is 0.408 e. The lowest BCUT2D eigenvalue weighted by atomic mass is 10.2. The summed E-state index contributed by atoms with van der Waals surface area (Å²) in [7, 11) is 1.61. The van der Waals surface area contributed by atoms with E-state index in [1.807, 2.05) is 0 Å². The van der Waals surface area contributed by atoms with Crippen LogP contribution in [0.3, 0.4) is 0 Å². The Hall–Kier alpha value is -1.30. The van der Waals surface area contributed by atoms with Crippen LogP contribution in [0.15, 0.2) is 0 Å². The van der Waals surface area contributed by atoms with Gasteiger partial charge in [0.15, 0.2) is 0 Å². The van der Waals surface area contributed by atoms with Gasteiger partial charge in [0.05, 0.1) is 0 Å². The monoisotopic (exact) mass is 260 g/mol. The van der Waals surface area contributed by atoms with Gasteiger partial charge in [-0.3, -0.25) is 4.79 Å². The molecule has 6 heteroatoms. The minimum Gasteiger partial charge on any atom is -0.444 e. The van der Waals surface area contributed by atoms with Crippen LogP contribution in [0.1, 0.15) is 34.1 Å². The second-order valence-corrected chi connectivity index (χ2v) is 5.01. The highest BCUT2D eigenvalue weighted by Crippen LogP contribution is 2.06. The summed E-state index contributed by atoms with van der Waals surface area (Å²) in [6.45, 7) is 8.02. The van der Waals surface area contributed by atoms with Crippen LogP contribution < -0.4 is 10.6 Å². The Kier molecular flexibility index (Phi) is 7.35. The van der Waals surface area contributed by atoms with Crippen LogP contribution in [0.2, 0.25) is 0 Å². The number of hydrogen-bond donors (Lipinski definition) is 2. The molecule has 18 heavy (non-hydrogen) atoms. The molecule has 0 aromatic heterocycles. The van der Waals surface area contributed by atoms with Gasteiger partial charge in [0, 0.05) is 20.3 Å². The van der Waals surface area contributed by atoms with E-state index in [2.05, 4.69) is 10.6 Å². The molecule has 0 aromatic rings. The molecule has 0 saturated carbocycles. The van der Waals surface area contributed by atoms with Crippen LogP contribution in [0.4, 0.5) is 4.79 Å². The first-order chi connectivity index (χ1) is 8.26. The number of carbonyl (C=O) groups is 2. The van der Waals surface area contributed by atoms with E-state index in [4.69, 9.17) is 9.47 Å². The molecule has 0 saturated heterocycles. The summed E-state index contributed by atoms with van der Waals surface area (Å²) in [6.07, 6.45) is 0.142. The average molecular weight is 260 g/mol. The highest BCUT2D eigenvalue weighted by atomic mass is 16.6. The first-order valence-electron chi connectivity index (χ1n) is 6.02. The zero-order valence-electron chi connectivity index (χ0n) is 11.8. The second kappa shape index (κ2) is 7.92. The minimum absolute atomic E-state index is 0.239. The zero-order valence-corrected chi connectivity index (χ0v) is 11.8. The van der Waals surface area contributed by atoms with Crippen molar-refractivity contribution in [2.24, 2.45) is 0 Å². The van der Waals surface area contributed by atoms with Gasteiger partial charge in [-0.15, -0.1) is 0 Å². The fourth-order valence-electron chi connectivity index (χ4n) is 1.13. The molecular weight excluding hydrogens is 236 g/mol. The third-order valence-corrected chi connectivity index (χ3v) is 1.95. The molecule has 106 valence electrons. The van der Waals surface area contributed by atoms with Crippen molar-refractivity contribution >= 4 is 12.0 Å². The SMILES string of the molecule is COCCCNC(=O)[C@@H](C)NC(=O)OC(C)(C)C. The standard InChI is InChI=1S/C12H24N2O4/c1-9(10(15)13-7-6-8-17-5)14-11(16)18-12(2,3)4/h9H,6-8H2,1-5H3,(H,13,15)(H,14,16)/t9-/m1/s1. The van der Waals surface area contributed by atoms with E-state index >= 15 is 0 Å². The molecule has 0 rings (SSSR count). The number of methoxy groups -OCH3 is 1. The van der Waals surface area contributed by atoms with Crippen LogP contribution in [-0.2, 0) is 14.3 Å². The number of amides is 2. The van der Waals surface area contributed by atoms with Gasteiger partial charge in [0.1, 0.15) is 11.6 Å². The topological polar surface area (TPSA) is 76.7 Å². The summed E-state index contributed by atoms with van der Waals surface area (Å²) in [6, 6.07) is -0.623. The molecule has 0 radical (unpaired) electrons. The predicted octanol–water partition coefficient (Wildman–Crippen LogP) is 1.05. The fourth-order valence-corrected chi connectivity index (χ4v) is 1.13. The number of ether oxygens (including phenoxy) is 2. The van der Waals surface area contributed by atoms with Gasteiger partial charge >= 0.3 is 6.09 Å². The van der Waals surface area contributed by atoms with Gasteiger partial charge in [-0.1, -0.05) is 0 Å². The maximum absolute atomic E-state index is 11.6. The number of nitrogens with one attached hydrogen (secondary N) is 2. The van der Waals surface area contributed by atoms with E-state index in [1.165, 1.54) is 0 Å². The minimum atomic E-state index is -0.623. The highest BCUT2D eigenvalue weighted by Gasteiger charge is 2.20. The van der Waals surface area contributed by atoms with Crippen molar-refractivity contribution in [3.8, 4) is 0 Å². The van der Waals surface area contributed by atoms with E-state index < -0.39 is 17.7 Å². The molecular formula is C12H24N2O4. The Bertz CT molecular complexity index is 274. The second-order valence-electron chi connectivity index (χ2n) is 5.01. The molecule has 2 N–H and O–H groups in total. The van der Waals surface area contributed by atoms with E-state index in [0.29, 0.717) is 13.2 Å². The third-order valence-electron chi connectivity index (χ3n) is 1.95. The van der Waals surface area contributed by atoms with Gasteiger partial charge in [0.2, 0.25) is 5.91 Å². The maximum atomic E-state index is 11.6. The van der Waals surface area contributed by atoms with Gasteiger partial charge in [-0.2, -0.15) is 0 Å². The smallest absolute Gasteiger partial charge is 0.408 e. The molecule has 0 aromatic carbocycles.